The highest BCUT2D eigenvalue weighted by Gasteiger charge is 2.32. The van der Waals surface area contributed by atoms with Gasteiger partial charge < -0.3 is 25.4 Å². The second-order valence-electron chi connectivity index (χ2n) is 8.32. The van der Waals surface area contributed by atoms with Crippen molar-refractivity contribution in [1.29, 1.82) is 0 Å². The lowest BCUT2D eigenvalue weighted by Crippen LogP contribution is -2.44. The SMILES string of the molecule is O=C(O)CC1CN(C(=O)c2cccnc2)c2cc(NC(=O)CCCCNc3ccccn3)ccc2O1. The zero-order valence-electron chi connectivity index (χ0n) is 19.6. The summed E-state index contributed by atoms with van der Waals surface area (Å²) in [5.74, 6) is -0.306. The first kappa shape index (κ1) is 24.6. The molecular weight excluding hydrogens is 462 g/mol. The van der Waals surface area contributed by atoms with Crippen LogP contribution in [-0.2, 0) is 9.59 Å². The lowest BCUT2D eigenvalue weighted by molar-refractivity contribution is -0.138. The summed E-state index contributed by atoms with van der Waals surface area (Å²) in [5, 5.41) is 15.3. The average molecular weight is 490 g/mol. The molecule has 1 aliphatic heterocycles. The van der Waals surface area contributed by atoms with Crippen molar-refractivity contribution in [2.24, 2.45) is 0 Å². The van der Waals surface area contributed by atoms with Crippen molar-refractivity contribution in [3.05, 3.63) is 72.7 Å². The summed E-state index contributed by atoms with van der Waals surface area (Å²) in [4.78, 5) is 46.6. The molecule has 0 saturated heterocycles. The summed E-state index contributed by atoms with van der Waals surface area (Å²) < 4.78 is 5.83. The van der Waals surface area contributed by atoms with Gasteiger partial charge >= 0.3 is 5.97 Å². The Hall–Kier alpha value is -4.47. The van der Waals surface area contributed by atoms with Gasteiger partial charge in [0.2, 0.25) is 5.91 Å². The van der Waals surface area contributed by atoms with Crippen molar-refractivity contribution in [1.82, 2.24) is 9.97 Å². The number of nitrogens with zero attached hydrogens (tertiary/aromatic N) is 3. The molecule has 1 atom stereocenters. The lowest BCUT2D eigenvalue weighted by atomic mass is 10.1. The summed E-state index contributed by atoms with van der Waals surface area (Å²) in [6.45, 7) is 0.775. The van der Waals surface area contributed by atoms with Gasteiger partial charge in [0, 0.05) is 37.2 Å². The number of pyridine rings is 2. The van der Waals surface area contributed by atoms with Gasteiger partial charge in [0.15, 0.2) is 0 Å². The van der Waals surface area contributed by atoms with Crippen LogP contribution in [-0.4, -0.2) is 52.1 Å². The molecule has 3 heterocycles. The number of nitrogens with one attached hydrogen (secondary N) is 2. The number of fused-ring (bicyclic) bond motifs is 1. The standard InChI is InChI=1S/C26H27N5O5/c32-24(8-2-4-13-29-23-7-1-3-12-28-23)30-19-9-10-22-21(14-19)31(17-20(36-22)15-25(33)34)26(35)18-6-5-11-27-16-18/h1,3,5-7,9-12,14,16,20H,2,4,8,13,15,17H2,(H,28,29)(H,30,32)(H,33,34). The maximum atomic E-state index is 13.2. The molecule has 0 bridgehead atoms. The van der Waals surface area contributed by atoms with E-state index in [2.05, 4.69) is 20.6 Å². The largest absolute Gasteiger partial charge is 0.486 e. The first-order chi connectivity index (χ1) is 17.5. The second kappa shape index (κ2) is 11.8. The minimum atomic E-state index is -1.02. The van der Waals surface area contributed by atoms with E-state index in [-0.39, 0.29) is 24.8 Å². The summed E-state index contributed by atoms with van der Waals surface area (Å²) >= 11 is 0. The van der Waals surface area contributed by atoms with Gasteiger partial charge in [-0.3, -0.25) is 19.4 Å². The molecule has 1 aromatic carbocycles. The predicted octanol–water partition coefficient (Wildman–Crippen LogP) is 3.58. The lowest BCUT2D eigenvalue weighted by Gasteiger charge is -2.34. The molecule has 1 aliphatic rings. The average Bonchev–Trinajstić information content (AvgIpc) is 2.88. The fourth-order valence-electron chi connectivity index (χ4n) is 3.88. The monoisotopic (exact) mass is 489 g/mol. The molecule has 2 aromatic heterocycles. The third-order valence-corrected chi connectivity index (χ3v) is 5.57. The number of amides is 2. The van der Waals surface area contributed by atoms with Gasteiger partial charge in [0.25, 0.3) is 5.91 Å². The number of carboxylic acids is 1. The van der Waals surface area contributed by atoms with Gasteiger partial charge in [-0.2, -0.15) is 0 Å². The molecule has 1 unspecified atom stereocenters. The molecule has 186 valence electrons. The summed E-state index contributed by atoms with van der Waals surface area (Å²) in [7, 11) is 0. The van der Waals surface area contributed by atoms with E-state index >= 15 is 0 Å². The Morgan fingerprint density at radius 1 is 1.08 bits per heavy atom. The molecule has 10 heteroatoms. The van der Waals surface area contributed by atoms with E-state index in [1.54, 1.807) is 42.7 Å². The molecule has 36 heavy (non-hydrogen) atoms. The van der Waals surface area contributed by atoms with Crippen LogP contribution in [0.3, 0.4) is 0 Å². The number of benzene rings is 1. The van der Waals surface area contributed by atoms with E-state index in [0.717, 1.165) is 12.2 Å². The molecule has 0 aliphatic carbocycles. The number of carbonyl (C=O) groups is 3. The number of aromatic nitrogens is 2. The second-order valence-corrected chi connectivity index (χ2v) is 8.32. The summed E-state index contributed by atoms with van der Waals surface area (Å²) in [5.41, 5.74) is 1.35. The molecule has 10 nitrogen and oxygen atoms in total. The van der Waals surface area contributed by atoms with Crippen molar-refractivity contribution in [3.8, 4) is 5.75 Å². The Kier molecular flexibility index (Phi) is 8.07. The number of hydrogen-bond donors (Lipinski definition) is 3. The van der Waals surface area contributed by atoms with Crippen molar-refractivity contribution < 1.29 is 24.2 Å². The van der Waals surface area contributed by atoms with Crippen LogP contribution in [0.2, 0.25) is 0 Å². The van der Waals surface area contributed by atoms with E-state index < -0.39 is 12.1 Å². The van der Waals surface area contributed by atoms with Gasteiger partial charge in [-0.05, 0) is 55.3 Å². The highest BCUT2D eigenvalue weighted by molar-refractivity contribution is 6.07. The highest BCUT2D eigenvalue weighted by Crippen LogP contribution is 2.37. The van der Waals surface area contributed by atoms with Crippen molar-refractivity contribution in [3.63, 3.8) is 0 Å². The first-order valence-electron chi connectivity index (χ1n) is 11.7. The smallest absolute Gasteiger partial charge is 0.307 e. The zero-order chi connectivity index (χ0) is 25.3. The van der Waals surface area contributed by atoms with Crippen LogP contribution in [0, 0.1) is 0 Å². The molecule has 0 saturated carbocycles. The van der Waals surface area contributed by atoms with Crippen LogP contribution in [0.5, 0.6) is 5.75 Å². The third kappa shape index (κ3) is 6.56. The van der Waals surface area contributed by atoms with Gasteiger partial charge in [0.1, 0.15) is 17.7 Å². The minimum Gasteiger partial charge on any atom is -0.486 e. The fraction of sp³-hybridized carbons (Fsp3) is 0.269. The molecule has 3 aromatic rings. The molecule has 0 spiro atoms. The molecule has 4 rings (SSSR count). The van der Waals surface area contributed by atoms with Crippen molar-refractivity contribution in [2.45, 2.75) is 31.8 Å². The van der Waals surface area contributed by atoms with Gasteiger partial charge in [0.05, 0.1) is 24.2 Å². The highest BCUT2D eigenvalue weighted by atomic mass is 16.5. The number of carboxylic acid groups (broad SMARTS) is 1. The number of rotatable bonds is 10. The predicted molar refractivity (Wildman–Crippen MR) is 134 cm³/mol. The van der Waals surface area contributed by atoms with E-state index in [1.807, 2.05) is 18.2 Å². The third-order valence-electron chi connectivity index (χ3n) is 5.57. The van der Waals surface area contributed by atoms with Crippen molar-refractivity contribution >= 4 is 35.0 Å². The molecule has 2 amide bonds. The van der Waals surface area contributed by atoms with Gasteiger partial charge in [-0.25, -0.2) is 4.98 Å². The first-order valence-corrected chi connectivity index (χ1v) is 11.7. The molecule has 3 N–H and O–H groups in total. The van der Waals surface area contributed by atoms with Crippen LogP contribution in [0.4, 0.5) is 17.2 Å². The Labute approximate surface area is 208 Å². The Morgan fingerprint density at radius 2 is 1.97 bits per heavy atom. The Morgan fingerprint density at radius 3 is 2.72 bits per heavy atom. The Bertz CT molecular complexity index is 1210. The quantitative estimate of drug-likeness (QED) is 0.368. The van der Waals surface area contributed by atoms with Crippen LogP contribution in [0.15, 0.2) is 67.1 Å². The number of aliphatic carboxylic acids is 1. The van der Waals surface area contributed by atoms with Crippen LogP contribution in [0.1, 0.15) is 36.0 Å². The van der Waals surface area contributed by atoms with E-state index in [0.29, 0.717) is 42.1 Å². The number of carbonyl (C=O) groups excluding carboxylic acids is 2. The summed E-state index contributed by atoms with van der Waals surface area (Å²) in [6.07, 6.45) is 5.65. The molecular formula is C26H27N5O5. The molecule has 0 fully saturated rings. The minimum absolute atomic E-state index is 0.0632. The van der Waals surface area contributed by atoms with E-state index in [1.165, 1.54) is 11.1 Å². The normalized spacial score (nSPS) is 14.3. The Balaban J connectivity index is 1.39. The van der Waals surface area contributed by atoms with Crippen LogP contribution >= 0.6 is 0 Å². The topological polar surface area (TPSA) is 134 Å². The maximum absolute atomic E-state index is 13.2. The number of hydrogen-bond acceptors (Lipinski definition) is 7. The summed E-state index contributed by atoms with van der Waals surface area (Å²) in [6, 6.07) is 13.9. The maximum Gasteiger partial charge on any atom is 0.307 e. The van der Waals surface area contributed by atoms with E-state index in [9.17, 15) is 19.5 Å². The van der Waals surface area contributed by atoms with Crippen molar-refractivity contribution in [2.75, 3.05) is 28.6 Å². The van der Waals surface area contributed by atoms with Gasteiger partial charge in [-0.1, -0.05) is 6.07 Å². The fourth-order valence-corrected chi connectivity index (χ4v) is 3.88. The van der Waals surface area contributed by atoms with Crippen LogP contribution < -0.4 is 20.3 Å². The number of ether oxygens (including phenoxy) is 1. The van der Waals surface area contributed by atoms with E-state index in [4.69, 9.17) is 4.74 Å². The number of anilines is 3. The zero-order valence-corrected chi connectivity index (χ0v) is 19.6. The molecule has 0 radical (unpaired) electrons. The number of unbranched alkanes of at least 4 members (excludes halogenated alkanes) is 1. The van der Waals surface area contributed by atoms with Crippen LogP contribution in [0.25, 0.3) is 0 Å². The van der Waals surface area contributed by atoms with Gasteiger partial charge in [-0.15, -0.1) is 0 Å².